The summed E-state index contributed by atoms with van der Waals surface area (Å²) in [5.41, 5.74) is 0.0682. The van der Waals surface area contributed by atoms with Gasteiger partial charge in [0, 0.05) is 18.6 Å². The Morgan fingerprint density at radius 1 is 1.16 bits per heavy atom. The smallest absolute Gasteiger partial charge is 0.338 e. The molecular weight excluding hydrogens is 322 g/mol. The number of nitrogens with zero attached hydrogens (tertiary/aromatic N) is 1. The molecule has 0 N–H and O–H groups in total. The average molecular weight is 339 g/mol. The highest BCUT2D eigenvalue weighted by Crippen LogP contribution is 2.40. The van der Waals surface area contributed by atoms with Crippen LogP contribution in [0.3, 0.4) is 0 Å². The second-order valence-corrected chi connectivity index (χ2v) is 6.23. The van der Waals surface area contributed by atoms with E-state index in [9.17, 15) is 19.7 Å². The molecule has 128 valence electrons. The van der Waals surface area contributed by atoms with E-state index in [2.05, 4.69) is 0 Å². The van der Waals surface area contributed by atoms with Gasteiger partial charge in [0.15, 0.2) is 0 Å². The molecule has 0 spiro atoms. The lowest BCUT2D eigenvalue weighted by Crippen LogP contribution is -2.40. The van der Waals surface area contributed by atoms with Crippen LogP contribution < -0.4 is 0 Å². The Hall–Kier alpha value is -3.02. The van der Waals surface area contributed by atoms with Crippen LogP contribution in [0.15, 0.2) is 54.6 Å². The molecule has 0 unspecified atom stereocenters. The number of rotatable bonds is 4. The van der Waals surface area contributed by atoms with E-state index in [1.807, 2.05) is 30.3 Å². The molecule has 2 atom stereocenters. The summed E-state index contributed by atoms with van der Waals surface area (Å²) in [5, 5.41) is 10.7. The number of hydrogen-bond donors (Lipinski definition) is 0. The van der Waals surface area contributed by atoms with E-state index in [0.717, 1.165) is 5.56 Å². The Morgan fingerprint density at radius 2 is 1.80 bits per heavy atom. The van der Waals surface area contributed by atoms with Crippen molar-refractivity contribution in [2.24, 2.45) is 0 Å². The molecule has 2 aromatic carbocycles. The summed E-state index contributed by atoms with van der Waals surface area (Å²) >= 11 is 0. The zero-order valence-electron chi connectivity index (χ0n) is 13.7. The van der Waals surface area contributed by atoms with Gasteiger partial charge in [0.05, 0.1) is 15.9 Å². The topological polar surface area (TPSA) is 86.5 Å². The predicted octanol–water partition coefficient (Wildman–Crippen LogP) is 3.44. The average Bonchev–Trinajstić information content (AvgIpc) is 2.92. The number of Topliss-reactive ketones (excluding diaryl/α,β-unsaturated/α-hetero) is 1. The van der Waals surface area contributed by atoms with Crippen LogP contribution in [0.2, 0.25) is 0 Å². The number of non-ortho nitro benzene ring substituents is 1. The highest BCUT2D eigenvalue weighted by atomic mass is 16.6. The van der Waals surface area contributed by atoms with Crippen molar-refractivity contribution in [3.05, 3.63) is 75.8 Å². The third-order valence-electron chi connectivity index (χ3n) is 4.79. The lowest BCUT2D eigenvalue weighted by Gasteiger charge is -2.30. The summed E-state index contributed by atoms with van der Waals surface area (Å²) in [6.45, 7) is 1.80. The van der Waals surface area contributed by atoms with Gasteiger partial charge in [-0.05, 0) is 31.0 Å². The van der Waals surface area contributed by atoms with Gasteiger partial charge in [-0.2, -0.15) is 0 Å². The van der Waals surface area contributed by atoms with Gasteiger partial charge >= 0.3 is 5.97 Å². The fourth-order valence-electron chi connectivity index (χ4n) is 3.21. The predicted molar refractivity (Wildman–Crippen MR) is 90.3 cm³/mol. The van der Waals surface area contributed by atoms with E-state index in [-0.39, 0.29) is 17.0 Å². The van der Waals surface area contributed by atoms with Crippen molar-refractivity contribution in [1.29, 1.82) is 0 Å². The molecule has 1 aliphatic carbocycles. The number of ketones is 1. The van der Waals surface area contributed by atoms with Gasteiger partial charge in [0.1, 0.15) is 11.9 Å². The lowest BCUT2D eigenvalue weighted by atomic mass is 9.78. The van der Waals surface area contributed by atoms with Crippen LogP contribution in [-0.2, 0) is 14.9 Å². The first-order valence-corrected chi connectivity index (χ1v) is 7.97. The number of benzene rings is 2. The Bertz CT molecular complexity index is 815. The van der Waals surface area contributed by atoms with Crippen LogP contribution >= 0.6 is 0 Å². The van der Waals surface area contributed by atoms with E-state index >= 15 is 0 Å². The molecule has 0 radical (unpaired) electrons. The van der Waals surface area contributed by atoms with Gasteiger partial charge in [0.2, 0.25) is 0 Å². The van der Waals surface area contributed by atoms with E-state index in [4.69, 9.17) is 4.74 Å². The molecule has 0 saturated heterocycles. The van der Waals surface area contributed by atoms with Gasteiger partial charge < -0.3 is 4.74 Å². The van der Waals surface area contributed by atoms with Crippen LogP contribution in [-0.4, -0.2) is 22.8 Å². The summed E-state index contributed by atoms with van der Waals surface area (Å²) in [6, 6.07) is 14.5. The van der Waals surface area contributed by atoms with Crippen LogP contribution in [0.25, 0.3) is 0 Å². The molecule has 0 aliphatic heterocycles. The molecule has 6 nitrogen and oxygen atoms in total. The van der Waals surface area contributed by atoms with Crippen molar-refractivity contribution in [3.8, 4) is 0 Å². The van der Waals surface area contributed by atoms with Gasteiger partial charge in [-0.3, -0.25) is 14.9 Å². The zero-order valence-corrected chi connectivity index (χ0v) is 13.7. The Balaban J connectivity index is 1.82. The number of esters is 1. The number of carbonyl (C=O) groups is 2. The number of nitro benzene ring substituents is 1. The third kappa shape index (κ3) is 3.03. The maximum absolute atomic E-state index is 12.5. The van der Waals surface area contributed by atoms with E-state index in [1.54, 1.807) is 6.92 Å². The minimum Gasteiger partial charge on any atom is -0.457 e. The molecule has 6 heteroatoms. The standard InChI is InChI=1S/C19H17NO5/c1-19(14-5-3-2-4-6-14)16(21)11-12-17(19)25-18(22)13-7-9-15(10-8-13)20(23)24/h2-10,17H,11-12H2,1H3/t17-,19+/m0/s1. The number of nitro groups is 1. The molecule has 0 amide bonds. The molecule has 25 heavy (non-hydrogen) atoms. The fourth-order valence-corrected chi connectivity index (χ4v) is 3.21. The van der Waals surface area contributed by atoms with Crippen molar-refractivity contribution in [3.63, 3.8) is 0 Å². The minimum atomic E-state index is -0.877. The Kier molecular flexibility index (Phi) is 4.35. The summed E-state index contributed by atoms with van der Waals surface area (Å²) in [5.74, 6) is -0.544. The molecular formula is C19H17NO5. The number of ether oxygens (including phenoxy) is 1. The van der Waals surface area contributed by atoms with Crippen LogP contribution in [0, 0.1) is 10.1 Å². The lowest BCUT2D eigenvalue weighted by molar-refractivity contribution is -0.384. The van der Waals surface area contributed by atoms with E-state index in [0.29, 0.717) is 12.8 Å². The number of carbonyl (C=O) groups excluding carboxylic acids is 2. The normalized spacial score (nSPS) is 22.6. The second kappa shape index (κ2) is 6.47. The Labute approximate surface area is 144 Å². The minimum absolute atomic E-state index is 0.0419. The highest BCUT2D eigenvalue weighted by molar-refractivity contribution is 5.94. The van der Waals surface area contributed by atoms with Gasteiger partial charge in [-0.15, -0.1) is 0 Å². The summed E-state index contributed by atoms with van der Waals surface area (Å²) < 4.78 is 5.61. The van der Waals surface area contributed by atoms with E-state index < -0.39 is 22.4 Å². The first-order valence-electron chi connectivity index (χ1n) is 7.97. The molecule has 0 aromatic heterocycles. The van der Waals surface area contributed by atoms with Crippen LogP contribution in [0.1, 0.15) is 35.7 Å². The van der Waals surface area contributed by atoms with Crippen LogP contribution in [0.5, 0.6) is 0 Å². The number of hydrogen-bond acceptors (Lipinski definition) is 5. The molecule has 1 fully saturated rings. The molecule has 0 heterocycles. The molecule has 0 bridgehead atoms. The highest BCUT2D eigenvalue weighted by Gasteiger charge is 2.49. The van der Waals surface area contributed by atoms with Crippen molar-refractivity contribution in [2.45, 2.75) is 31.3 Å². The first kappa shape index (κ1) is 16.8. The van der Waals surface area contributed by atoms with Crippen molar-refractivity contribution < 1.29 is 19.2 Å². The zero-order chi connectivity index (χ0) is 18.0. The van der Waals surface area contributed by atoms with Crippen molar-refractivity contribution in [2.75, 3.05) is 0 Å². The largest absolute Gasteiger partial charge is 0.457 e. The van der Waals surface area contributed by atoms with Crippen molar-refractivity contribution >= 4 is 17.4 Å². The molecule has 1 saturated carbocycles. The summed E-state index contributed by atoms with van der Waals surface area (Å²) in [4.78, 5) is 35.0. The van der Waals surface area contributed by atoms with Crippen LogP contribution in [0.4, 0.5) is 5.69 Å². The van der Waals surface area contributed by atoms with Gasteiger partial charge in [-0.25, -0.2) is 4.79 Å². The van der Waals surface area contributed by atoms with E-state index in [1.165, 1.54) is 24.3 Å². The monoisotopic (exact) mass is 339 g/mol. The Morgan fingerprint density at radius 3 is 2.40 bits per heavy atom. The third-order valence-corrected chi connectivity index (χ3v) is 4.79. The SMILES string of the molecule is C[C@@]1(c2ccccc2)C(=O)CC[C@@H]1OC(=O)c1ccc([N+](=O)[O-])cc1. The summed E-state index contributed by atoms with van der Waals surface area (Å²) in [7, 11) is 0. The van der Waals surface area contributed by atoms with Crippen molar-refractivity contribution in [1.82, 2.24) is 0 Å². The summed E-state index contributed by atoms with van der Waals surface area (Å²) in [6.07, 6.45) is 0.247. The maximum atomic E-state index is 12.5. The van der Waals surface area contributed by atoms with Gasteiger partial charge in [0.25, 0.3) is 5.69 Å². The second-order valence-electron chi connectivity index (χ2n) is 6.23. The molecule has 1 aliphatic rings. The molecule has 3 rings (SSSR count). The fraction of sp³-hybridized carbons (Fsp3) is 0.263. The first-order chi connectivity index (χ1) is 11.9. The molecule has 2 aromatic rings. The van der Waals surface area contributed by atoms with Gasteiger partial charge in [-0.1, -0.05) is 30.3 Å². The quantitative estimate of drug-likeness (QED) is 0.484. The maximum Gasteiger partial charge on any atom is 0.338 e.